The van der Waals surface area contributed by atoms with Gasteiger partial charge in [0, 0.05) is 12.1 Å². The van der Waals surface area contributed by atoms with Crippen molar-refractivity contribution in [2.45, 2.75) is 19.0 Å². The minimum absolute atomic E-state index is 0.0757. The first kappa shape index (κ1) is 25.7. The summed E-state index contributed by atoms with van der Waals surface area (Å²) in [5, 5.41) is 23.8. The van der Waals surface area contributed by atoms with E-state index in [4.69, 9.17) is 0 Å². The Morgan fingerprint density at radius 1 is 0.769 bits per heavy atom. The highest BCUT2D eigenvalue weighted by molar-refractivity contribution is 5.94. The number of anilines is 1. The molecule has 5 heteroatoms. The molecule has 0 saturated heterocycles. The summed E-state index contributed by atoms with van der Waals surface area (Å²) in [6, 6.07) is 42.6. The second kappa shape index (κ2) is 12.6. The van der Waals surface area contributed by atoms with Gasteiger partial charge in [0.25, 0.3) is 0 Å². The van der Waals surface area contributed by atoms with Crippen LogP contribution >= 0.6 is 0 Å². The molecule has 1 heterocycles. The number of hydrogen-bond acceptors (Lipinski definition) is 3. The van der Waals surface area contributed by atoms with Crippen molar-refractivity contribution < 1.29 is 5.11 Å². The lowest BCUT2D eigenvalue weighted by molar-refractivity contribution is 0.266. The van der Waals surface area contributed by atoms with Gasteiger partial charge in [-0.15, -0.1) is 0 Å². The molecule has 0 spiro atoms. The van der Waals surface area contributed by atoms with E-state index in [0.29, 0.717) is 24.3 Å². The predicted molar refractivity (Wildman–Crippen MR) is 159 cm³/mol. The number of aliphatic imine (C=N–C) groups is 1. The number of aliphatic hydroxyl groups is 1. The lowest BCUT2D eigenvalue weighted by Gasteiger charge is -2.15. The number of nitrogens with zero attached hydrogens (tertiary/aromatic N) is 3. The molecule has 1 aromatic heterocycles. The van der Waals surface area contributed by atoms with Crippen LogP contribution < -0.4 is 5.32 Å². The summed E-state index contributed by atoms with van der Waals surface area (Å²) >= 11 is 0. The Bertz CT molecular complexity index is 1550. The van der Waals surface area contributed by atoms with Gasteiger partial charge in [0.1, 0.15) is 17.5 Å². The smallest absolute Gasteiger partial charge is 0.130 e. The van der Waals surface area contributed by atoms with Crippen molar-refractivity contribution in [1.29, 1.82) is 5.26 Å². The van der Waals surface area contributed by atoms with Crippen molar-refractivity contribution in [2.24, 2.45) is 4.99 Å². The van der Waals surface area contributed by atoms with Gasteiger partial charge in [-0.1, -0.05) is 121 Å². The van der Waals surface area contributed by atoms with Crippen molar-refractivity contribution >= 4 is 12.2 Å². The molecular weight excluding hydrogens is 480 g/mol. The molecule has 1 atom stereocenters. The summed E-state index contributed by atoms with van der Waals surface area (Å²) in [7, 11) is 0. The molecule has 5 aromatic rings. The van der Waals surface area contributed by atoms with E-state index in [1.807, 2.05) is 97.1 Å². The van der Waals surface area contributed by atoms with Crippen LogP contribution in [0.15, 0.2) is 126 Å². The topological polar surface area (TPSA) is 73.3 Å². The van der Waals surface area contributed by atoms with Crippen LogP contribution in [0.5, 0.6) is 0 Å². The van der Waals surface area contributed by atoms with Gasteiger partial charge in [-0.25, -0.2) is 0 Å². The molecule has 0 aliphatic heterocycles. The number of nitriles is 1. The van der Waals surface area contributed by atoms with Gasteiger partial charge in [0.05, 0.1) is 24.7 Å². The molecule has 0 saturated carbocycles. The SMILES string of the molecule is N#Cc1c(-c2ccccc2)c(-c2ccccc2)n(Cc2ccccc2)c1NC=N[C@H](CO)Cc1ccccc1. The number of benzene rings is 4. The minimum atomic E-state index is -0.301. The minimum Gasteiger partial charge on any atom is -0.394 e. The molecule has 39 heavy (non-hydrogen) atoms. The molecule has 2 N–H and O–H groups in total. The summed E-state index contributed by atoms with van der Waals surface area (Å²) < 4.78 is 2.16. The molecule has 5 rings (SSSR count). The van der Waals surface area contributed by atoms with Crippen LogP contribution in [0.4, 0.5) is 5.82 Å². The third-order valence-electron chi connectivity index (χ3n) is 6.68. The van der Waals surface area contributed by atoms with Gasteiger partial charge in [-0.2, -0.15) is 5.26 Å². The van der Waals surface area contributed by atoms with Crippen LogP contribution in [0.25, 0.3) is 22.4 Å². The molecule has 4 aromatic carbocycles. The maximum absolute atomic E-state index is 10.5. The van der Waals surface area contributed by atoms with E-state index < -0.39 is 0 Å². The Balaban J connectivity index is 1.62. The normalized spacial score (nSPS) is 11.8. The number of nitrogens with one attached hydrogen (secondary N) is 1. The molecule has 0 fully saturated rings. The zero-order chi connectivity index (χ0) is 26.9. The highest BCUT2D eigenvalue weighted by Crippen LogP contribution is 2.41. The molecule has 0 aliphatic rings. The lowest BCUT2D eigenvalue weighted by atomic mass is 9.98. The summed E-state index contributed by atoms with van der Waals surface area (Å²) in [4.78, 5) is 4.63. The van der Waals surface area contributed by atoms with Gasteiger partial charge in [0.2, 0.25) is 0 Å². The highest BCUT2D eigenvalue weighted by atomic mass is 16.3. The standard InChI is InChI=1S/C34H30N4O/c35-22-31-32(28-17-9-3-10-18-28)33(29-19-11-4-12-20-29)38(23-27-15-7-2-8-16-27)34(31)37-25-36-30(24-39)21-26-13-5-1-6-14-26/h1-20,25,30,39H,21,23-24H2,(H,36,37)/t30-/m0/s1. The highest BCUT2D eigenvalue weighted by Gasteiger charge is 2.25. The van der Waals surface area contributed by atoms with E-state index in [0.717, 1.165) is 33.5 Å². The molecule has 5 nitrogen and oxygen atoms in total. The Morgan fingerprint density at radius 3 is 1.87 bits per heavy atom. The van der Waals surface area contributed by atoms with Gasteiger partial charge in [-0.05, 0) is 28.7 Å². The van der Waals surface area contributed by atoms with Crippen LogP contribution in [0.3, 0.4) is 0 Å². The first-order chi connectivity index (χ1) is 19.3. The fourth-order valence-electron chi connectivity index (χ4n) is 4.84. The number of aromatic nitrogens is 1. The fraction of sp³-hybridized carbons (Fsp3) is 0.118. The van der Waals surface area contributed by atoms with Gasteiger partial charge >= 0.3 is 0 Å². The Kier molecular flexibility index (Phi) is 8.28. The monoisotopic (exact) mass is 510 g/mol. The molecule has 192 valence electrons. The summed E-state index contributed by atoms with van der Waals surface area (Å²) in [5.74, 6) is 0.666. The van der Waals surface area contributed by atoms with E-state index in [9.17, 15) is 10.4 Å². The second-order valence-corrected chi connectivity index (χ2v) is 9.31. The zero-order valence-electron chi connectivity index (χ0n) is 21.6. The summed E-state index contributed by atoms with van der Waals surface area (Å²) in [6.45, 7) is 0.490. The van der Waals surface area contributed by atoms with Crippen molar-refractivity contribution in [2.75, 3.05) is 11.9 Å². The van der Waals surface area contributed by atoms with E-state index in [2.05, 4.69) is 45.2 Å². The lowest BCUT2D eigenvalue weighted by Crippen LogP contribution is -2.16. The van der Waals surface area contributed by atoms with E-state index in [-0.39, 0.29) is 12.6 Å². The van der Waals surface area contributed by atoms with Crippen molar-refractivity contribution in [3.8, 4) is 28.5 Å². The van der Waals surface area contributed by atoms with Gasteiger partial charge < -0.3 is 15.0 Å². The number of hydrogen-bond donors (Lipinski definition) is 2. The fourth-order valence-corrected chi connectivity index (χ4v) is 4.84. The first-order valence-electron chi connectivity index (χ1n) is 13.0. The van der Waals surface area contributed by atoms with Crippen LogP contribution in [-0.4, -0.2) is 28.7 Å². The van der Waals surface area contributed by atoms with Crippen LogP contribution in [-0.2, 0) is 13.0 Å². The molecule has 0 bridgehead atoms. The maximum atomic E-state index is 10.5. The first-order valence-corrected chi connectivity index (χ1v) is 13.0. The number of aliphatic hydroxyl groups excluding tert-OH is 1. The largest absolute Gasteiger partial charge is 0.394 e. The summed E-state index contributed by atoms with van der Waals surface area (Å²) in [6.07, 6.45) is 2.24. The Hall–Kier alpha value is -4.92. The third kappa shape index (κ3) is 5.98. The van der Waals surface area contributed by atoms with Gasteiger partial charge in [-0.3, -0.25) is 4.99 Å². The van der Waals surface area contributed by atoms with Crippen LogP contribution in [0.2, 0.25) is 0 Å². The quantitative estimate of drug-likeness (QED) is 0.161. The average Bonchev–Trinajstić information content (AvgIpc) is 3.31. The van der Waals surface area contributed by atoms with Crippen molar-refractivity contribution in [1.82, 2.24) is 4.57 Å². The van der Waals surface area contributed by atoms with Crippen molar-refractivity contribution in [3.05, 3.63) is 138 Å². The second-order valence-electron chi connectivity index (χ2n) is 9.31. The zero-order valence-corrected chi connectivity index (χ0v) is 21.6. The molecular formula is C34H30N4O. The Labute approximate surface area is 229 Å². The molecule has 0 amide bonds. The van der Waals surface area contributed by atoms with Crippen LogP contribution in [0.1, 0.15) is 16.7 Å². The van der Waals surface area contributed by atoms with E-state index in [1.54, 1.807) is 6.34 Å². The molecule has 0 radical (unpaired) electrons. The van der Waals surface area contributed by atoms with Gasteiger partial charge in [0.15, 0.2) is 0 Å². The average molecular weight is 511 g/mol. The van der Waals surface area contributed by atoms with E-state index in [1.165, 1.54) is 0 Å². The molecule has 0 aliphatic carbocycles. The third-order valence-corrected chi connectivity index (χ3v) is 6.68. The maximum Gasteiger partial charge on any atom is 0.130 e. The van der Waals surface area contributed by atoms with E-state index >= 15 is 0 Å². The van der Waals surface area contributed by atoms with Crippen molar-refractivity contribution in [3.63, 3.8) is 0 Å². The Morgan fingerprint density at radius 2 is 1.31 bits per heavy atom. The summed E-state index contributed by atoms with van der Waals surface area (Å²) in [5.41, 5.74) is 6.59. The number of rotatable bonds is 10. The van der Waals surface area contributed by atoms with Crippen LogP contribution in [0, 0.1) is 11.3 Å². The predicted octanol–water partition coefficient (Wildman–Crippen LogP) is 6.79. The molecule has 0 unspecified atom stereocenters.